The second-order valence-corrected chi connectivity index (χ2v) is 7.75. The van der Waals surface area contributed by atoms with Crippen molar-refractivity contribution in [2.24, 2.45) is 0 Å². The summed E-state index contributed by atoms with van der Waals surface area (Å²) in [6.07, 6.45) is 6.83. The van der Waals surface area contributed by atoms with Crippen molar-refractivity contribution in [2.75, 3.05) is 31.1 Å². The molecule has 0 amide bonds. The Morgan fingerprint density at radius 1 is 1.07 bits per heavy atom. The van der Waals surface area contributed by atoms with Gasteiger partial charge in [0.25, 0.3) is 0 Å². The van der Waals surface area contributed by atoms with Crippen LogP contribution in [-0.2, 0) is 6.54 Å². The number of nitrogens with one attached hydrogen (secondary N) is 2. The minimum Gasteiger partial charge on any atom is -0.355 e. The van der Waals surface area contributed by atoms with Gasteiger partial charge in [0, 0.05) is 43.3 Å². The van der Waals surface area contributed by atoms with Crippen molar-refractivity contribution in [3.05, 3.63) is 42.4 Å². The lowest BCUT2D eigenvalue weighted by atomic mass is 10.1. The molecule has 1 aliphatic heterocycles. The molecule has 0 unspecified atom stereocenters. The van der Waals surface area contributed by atoms with Gasteiger partial charge in [-0.15, -0.1) is 0 Å². The first-order chi connectivity index (χ1) is 14.7. The molecule has 4 aromatic rings. The molecule has 4 aromatic heterocycles. The molecule has 0 bridgehead atoms. The molecule has 5 rings (SSSR count). The minimum atomic E-state index is 0.835. The largest absolute Gasteiger partial charge is 0.355 e. The maximum atomic E-state index is 4.99. The third kappa shape index (κ3) is 3.54. The van der Waals surface area contributed by atoms with Crippen molar-refractivity contribution in [2.45, 2.75) is 26.8 Å². The van der Waals surface area contributed by atoms with Crippen molar-refractivity contribution in [1.29, 1.82) is 0 Å². The molecule has 5 heterocycles. The lowest BCUT2D eigenvalue weighted by molar-refractivity contribution is 0.660. The quantitative estimate of drug-likeness (QED) is 0.546. The predicted molar refractivity (Wildman–Crippen MR) is 118 cm³/mol. The summed E-state index contributed by atoms with van der Waals surface area (Å²) in [5.74, 6) is 1.02. The number of hydrogen-bond acceptors (Lipinski definition) is 6. The standard InChI is InChI=1S/C22H26N8/c1-3-30-14-16(12-25-30)18-11-17-20(13-24-18)27-28-22(17)19-9-15(2)10-21(26-19)29-7-4-5-23-6-8-29/h9-14,23H,3-8H2,1-2H3,(H,27,28). The predicted octanol–water partition coefficient (Wildman–Crippen LogP) is 3.01. The first-order valence-electron chi connectivity index (χ1n) is 10.5. The van der Waals surface area contributed by atoms with Gasteiger partial charge in [0.15, 0.2) is 0 Å². The van der Waals surface area contributed by atoms with Crippen LogP contribution in [0.15, 0.2) is 36.8 Å². The molecule has 0 spiro atoms. The molecular formula is C22H26N8. The molecule has 0 saturated carbocycles. The SMILES string of the molecule is CCn1cc(-c2cc3c(-c4cc(C)cc(N5CCCNCC5)n4)n[nH]c3cn2)cn1. The fraction of sp³-hybridized carbons (Fsp3) is 0.364. The Bertz CT molecular complexity index is 1170. The summed E-state index contributed by atoms with van der Waals surface area (Å²) >= 11 is 0. The topological polar surface area (TPSA) is 87.5 Å². The van der Waals surface area contributed by atoms with Crippen LogP contribution in [0.3, 0.4) is 0 Å². The van der Waals surface area contributed by atoms with Gasteiger partial charge in [-0.25, -0.2) is 4.98 Å². The van der Waals surface area contributed by atoms with Gasteiger partial charge in [-0.3, -0.25) is 14.8 Å². The second kappa shape index (κ2) is 7.87. The van der Waals surface area contributed by atoms with Crippen LogP contribution in [-0.4, -0.2) is 56.1 Å². The van der Waals surface area contributed by atoms with E-state index in [1.165, 1.54) is 5.56 Å². The van der Waals surface area contributed by atoms with Gasteiger partial charge in [0.1, 0.15) is 11.5 Å². The lowest BCUT2D eigenvalue weighted by Gasteiger charge is -2.22. The third-order valence-electron chi connectivity index (χ3n) is 5.56. The van der Waals surface area contributed by atoms with Gasteiger partial charge in [0.2, 0.25) is 0 Å². The molecule has 8 nitrogen and oxygen atoms in total. The monoisotopic (exact) mass is 402 g/mol. The van der Waals surface area contributed by atoms with Crippen LogP contribution in [0.1, 0.15) is 18.9 Å². The van der Waals surface area contributed by atoms with Crippen molar-refractivity contribution >= 4 is 16.7 Å². The van der Waals surface area contributed by atoms with E-state index in [0.29, 0.717) is 0 Å². The first kappa shape index (κ1) is 18.7. The van der Waals surface area contributed by atoms with Crippen LogP contribution in [0.2, 0.25) is 0 Å². The average molecular weight is 403 g/mol. The number of pyridine rings is 2. The number of aryl methyl sites for hydroxylation is 2. The Hall–Kier alpha value is -3.26. The number of H-pyrrole nitrogens is 1. The summed E-state index contributed by atoms with van der Waals surface area (Å²) < 4.78 is 1.90. The van der Waals surface area contributed by atoms with E-state index in [1.807, 2.05) is 23.3 Å². The minimum absolute atomic E-state index is 0.835. The molecule has 2 N–H and O–H groups in total. The highest BCUT2D eigenvalue weighted by molar-refractivity contribution is 5.93. The lowest BCUT2D eigenvalue weighted by Crippen LogP contribution is -2.28. The summed E-state index contributed by atoms with van der Waals surface area (Å²) in [4.78, 5) is 11.9. The van der Waals surface area contributed by atoms with E-state index < -0.39 is 0 Å². The fourth-order valence-corrected chi connectivity index (χ4v) is 3.95. The number of fused-ring (bicyclic) bond motifs is 1. The maximum absolute atomic E-state index is 4.99. The number of rotatable bonds is 4. The molecule has 30 heavy (non-hydrogen) atoms. The molecule has 154 valence electrons. The van der Waals surface area contributed by atoms with Gasteiger partial charge < -0.3 is 10.2 Å². The summed E-state index contributed by atoms with van der Waals surface area (Å²) in [7, 11) is 0. The van der Waals surface area contributed by atoms with E-state index in [1.54, 1.807) is 0 Å². The summed E-state index contributed by atoms with van der Waals surface area (Å²) in [5, 5.41) is 16.5. The molecular weight excluding hydrogens is 376 g/mol. The molecule has 1 saturated heterocycles. The molecule has 0 aliphatic carbocycles. The molecule has 1 aliphatic rings. The average Bonchev–Trinajstić information content (AvgIpc) is 3.32. The Balaban J connectivity index is 1.56. The number of nitrogens with zero attached hydrogens (tertiary/aromatic N) is 6. The van der Waals surface area contributed by atoms with Crippen molar-refractivity contribution < 1.29 is 0 Å². The highest BCUT2D eigenvalue weighted by atomic mass is 15.3. The Labute approximate surface area is 175 Å². The van der Waals surface area contributed by atoms with Crippen molar-refractivity contribution in [3.63, 3.8) is 0 Å². The van der Waals surface area contributed by atoms with Crippen LogP contribution in [0.4, 0.5) is 5.82 Å². The normalized spacial score (nSPS) is 14.9. The molecule has 1 fully saturated rings. The van der Waals surface area contributed by atoms with E-state index in [4.69, 9.17) is 4.98 Å². The smallest absolute Gasteiger partial charge is 0.129 e. The van der Waals surface area contributed by atoms with Crippen molar-refractivity contribution in [3.8, 4) is 22.6 Å². The van der Waals surface area contributed by atoms with E-state index in [0.717, 1.165) is 78.5 Å². The van der Waals surface area contributed by atoms with Gasteiger partial charge in [-0.2, -0.15) is 10.2 Å². The summed E-state index contributed by atoms with van der Waals surface area (Å²) in [6, 6.07) is 6.34. The molecule has 8 heteroatoms. The van der Waals surface area contributed by atoms with Crippen LogP contribution in [0.25, 0.3) is 33.5 Å². The van der Waals surface area contributed by atoms with Crippen LogP contribution in [0, 0.1) is 6.92 Å². The van der Waals surface area contributed by atoms with Crippen LogP contribution < -0.4 is 10.2 Å². The van der Waals surface area contributed by atoms with Gasteiger partial charge in [0.05, 0.1) is 29.3 Å². The highest BCUT2D eigenvalue weighted by Gasteiger charge is 2.16. The molecule has 0 aromatic carbocycles. The summed E-state index contributed by atoms with van der Waals surface area (Å²) in [5.41, 5.74) is 5.71. The van der Waals surface area contributed by atoms with Crippen LogP contribution in [0.5, 0.6) is 0 Å². The Morgan fingerprint density at radius 2 is 2.00 bits per heavy atom. The van der Waals surface area contributed by atoms with E-state index in [9.17, 15) is 0 Å². The Morgan fingerprint density at radius 3 is 2.87 bits per heavy atom. The van der Waals surface area contributed by atoms with Crippen LogP contribution >= 0.6 is 0 Å². The van der Waals surface area contributed by atoms with Gasteiger partial charge in [-0.1, -0.05) is 0 Å². The summed E-state index contributed by atoms with van der Waals surface area (Å²) in [6.45, 7) is 9.04. The number of aromatic amines is 1. The van der Waals surface area contributed by atoms with Gasteiger partial charge in [-0.05, 0) is 50.6 Å². The third-order valence-corrected chi connectivity index (χ3v) is 5.56. The zero-order chi connectivity index (χ0) is 20.5. The zero-order valence-electron chi connectivity index (χ0n) is 17.4. The number of anilines is 1. The van der Waals surface area contributed by atoms with E-state index >= 15 is 0 Å². The fourth-order valence-electron chi connectivity index (χ4n) is 3.95. The first-order valence-corrected chi connectivity index (χ1v) is 10.5. The molecule has 0 radical (unpaired) electrons. The van der Waals surface area contributed by atoms with E-state index in [-0.39, 0.29) is 0 Å². The molecule has 0 atom stereocenters. The highest BCUT2D eigenvalue weighted by Crippen LogP contribution is 2.30. The number of hydrogen-bond donors (Lipinski definition) is 2. The van der Waals surface area contributed by atoms with Gasteiger partial charge >= 0.3 is 0 Å². The second-order valence-electron chi connectivity index (χ2n) is 7.75. The maximum Gasteiger partial charge on any atom is 0.129 e. The van der Waals surface area contributed by atoms with E-state index in [2.05, 4.69) is 62.5 Å². The Kier molecular flexibility index (Phi) is 4.92. The zero-order valence-corrected chi connectivity index (χ0v) is 17.4. The van der Waals surface area contributed by atoms with Crippen molar-refractivity contribution in [1.82, 2.24) is 35.3 Å². The number of aromatic nitrogens is 6.